The van der Waals surface area contributed by atoms with Gasteiger partial charge in [-0.15, -0.1) is 0 Å². The number of hydrogen-bond donors (Lipinski definition) is 1. The Labute approximate surface area is 215 Å². The Kier molecular flexibility index (Phi) is 5.58. The number of nitrogens with zero attached hydrogens (tertiary/aromatic N) is 2. The van der Waals surface area contributed by atoms with E-state index in [1.165, 1.54) is 19.1 Å². The molecular formula is C27H32N2O8. The van der Waals surface area contributed by atoms with E-state index in [2.05, 4.69) is 0 Å². The zero-order valence-electron chi connectivity index (χ0n) is 21.8. The first-order valence-corrected chi connectivity index (χ1v) is 12.3. The van der Waals surface area contributed by atoms with Crippen LogP contribution in [0.2, 0.25) is 0 Å². The molecule has 5 aliphatic rings. The SMILES string of the molecule is C/C=C1\CN2CC3[C@H]4c5ccccc5N(C(=O)OC(C)(C)C)[C@]42C(O)C(=O)C1C3(C(=O)OC)C(=O)OC. The van der Waals surface area contributed by atoms with Crippen molar-refractivity contribution in [3.05, 3.63) is 41.5 Å². The highest BCUT2D eigenvalue weighted by molar-refractivity contribution is 6.10. The molecule has 37 heavy (non-hydrogen) atoms. The lowest BCUT2D eigenvalue weighted by atomic mass is 9.60. The maximum Gasteiger partial charge on any atom is 0.416 e. The average molecular weight is 513 g/mol. The molecular weight excluding hydrogens is 480 g/mol. The molecule has 1 saturated carbocycles. The van der Waals surface area contributed by atoms with Gasteiger partial charge in [0.15, 0.2) is 17.3 Å². The Morgan fingerprint density at radius 2 is 1.73 bits per heavy atom. The van der Waals surface area contributed by atoms with Crippen LogP contribution < -0.4 is 4.90 Å². The molecule has 1 spiro atoms. The molecule has 4 unspecified atom stereocenters. The third-order valence-electron chi connectivity index (χ3n) is 8.39. The first-order chi connectivity index (χ1) is 17.4. The highest BCUT2D eigenvalue weighted by atomic mass is 16.6. The standard InChI is InChI=1S/C27H32N2O8/c1-7-14-12-28-13-16-19-15-10-8-9-11-17(15)29(24(34)37-25(2,3)4)27(19,28)21(31)20(30)18(14)26(16,22(32)35-5)23(33)36-6/h7-11,16,18-19,21,31H,12-13H2,1-6H3/b14-7+/t16?,18?,19-,21?,27+/m1/s1. The van der Waals surface area contributed by atoms with Crippen LogP contribution in [0.4, 0.5) is 10.5 Å². The predicted molar refractivity (Wildman–Crippen MR) is 130 cm³/mol. The molecule has 198 valence electrons. The number of hydrogen-bond acceptors (Lipinski definition) is 9. The van der Waals surface area contributed by atoms with E-state index in [4.69, 9.17) is 14.2 Å². The number of amides is 1. The van der Waals surface area contributed by atoms with Gasteiger partial charge in [-0.1, -0.05) is 24.3 Å². The lowest BCUT2D eigenvalue weighted by Gasteiger charge is -2.46. The molecule has 6 rings (SSSR count). The van der Waals surface area contributed by atoms with Gasteiger partial charge in [0.25, 0.3) is 0 Å². The topological polar surface area (TPSA) is 123 Å². The smallest absolute Gasteiger partial charge is 0.416 e. The van der Waals surface area contributed by atoms with Gasteiger partial charge in [-0.25, -0.2) is 4.79 Å². The van der Waals surface area contributed by atoms with Crippen molar-refractivity contribution in [2.45, 2.75) is 51.0 Å². The molecule has 4 heterocycles. The molecule has 1 aromatic carbocycles. The van der Waals surface area contributed by atoms with Gasteiger partial charge in [0, 0.05) is 24.9 Å². The normalized spacial score (nSPS) is 34.0. The van der Waals surface area contributed by atoms with E-state index in [1.807, 2.05) is 4.90 Å². The van der Waals surface area contributed by atoms with Gasteiger partial charge >= 0.3 is 18.0 Å². The summed E-state index contributed by atoms with van der Waals surface area (Å²) in [6, 6.07) is 7.05. The number of carbonyl (C=O) groups is 4. The molecule has 3 saturated heterocycles. The van der Waals surface area contributed by atoms with Crippen molar-refractivity contribution in [3.8, 4) is 0 Å². The molecule has 4 bridgehead atoms. The lowest BCUT2D eigenvalue weighted by Crippen LogP contribution is -2.67. The number of rotatable bonds is 2. The second-order valence-electron chi connectivity index (χ2n) is 11.1. The second kappa shape index (κ2) is 8.13. The van der Waals surface area contributed by atoms with Gasteiger partial charge in [-0.05, 0) is 44.9 Å². The second-order valence-corrected chi connectivity index (χ2v) is 11.1. The predicted octanol–water partition coefficient (Wildman–Crippen LogP) is 2.01. The molecule has 4 fully saturated rings. The van der Waals surface area contributed by atoms with Crippen molar-refractivity contribution in [2.24, 2.45) is 17.3 Å². The Hall–Kier alpha value is -3.24. The van der Waals surface area contributed by atoms with Crippen molar-refractivity contribution in [3.63, 3.8) is 0 Å². The number of para-hydroxylation sites is 1. The number of Topliss-reactive ketones (excluding diaryl/α,β-unsaturated/α-hetero) is 1. The molecule has 1 aliphatic carbocycles. The van der Waals surface area contributed by atoms with Crippen LogP contribution in [-0.2, 0) is 28.6 Å². The van der Waals surface area contributed by atoms with Crippen molar-refractivity contribution in [1.82, 2.24) is 4.90 Å². The van der Waals surface area contributed by atoms with Crippen LogP contribution in [0.25, 0.3) is 0 Å². The number of aliphatic hydroxyl groups excluding tert-OH is 1. The maximum absolute atomic E-state index is 14.2. The third-order valence-corrected chi connectivity index (χ3v) is 8.39. The minimum absolute atomic E-state index is 0.140. The van der Waals surface area contributed by atoms with Gasteiger partial charge in [-0.2, -0.15) is 0 Å². The van der Waals surface area contributed by atoms with Crippen LogP contribution in [-0.4, -0.2) is 78.5 Å². The van der Waals surface area contributed by atoms with Crippen molar-refractivity contribution in [1.29, 1.82) is 0 Å². The molecule has 10 heteroatoms. The van der Waals surface area contributed by atoms with E-state index in [0.717, 1.165) is 0 Å². The number of methoxy groups -OCH3 is 2. The molecule has 6 atom stereocenters. The zero-order valence-corrected chi connectivity index (χ0v) is 21.8. The monoisotopic (exact) mass is 512 g/mol. The number of ketones is 1. The van der Waals surface area contributed by atoms with Crippen LogP contribution in [0.3, 0.4) is 0 Å². The minimum Gasteiger partial charge on any atom is -0.468 e. The van der Waals surface area contributed by atoms with E-state index < -0.39 is 64.4 Å². The van der Waals surface area contributed by atoms with Crippen LogP contribution in [0.15, 0.2) is 35.9 Å². The Bertz CT molecular complexity index is 1220. The summed E-state index contributed by atoms with van der Waals surface area (Å²) in [7, 11) is 2.33. The summed E-state index contributed by atoms with van der Waals surface area (Å²) in [5, 5.41) is 12.0. The summed E-state index contributed by atoms with van der Waals surface area (Å²) < 4.78 is 16.2. The van der Waals surface area contributed by atoms with Gasteiger partial charge < -0.3 is 19.3 Å². The fourth-order valence-electron chi connectivity index (χ4n) is 7.28. The highest BCUT2D eigenvalue weighted by Crippen LogP contribution is 2.68. The van der Waals surface area contributed by atoms with Gasteiger partial charge in [0.05, 0.1) is 25.8 Å². The molecule has 1 amide bonds. The Morgan fingerprint density at radius 3 is 2.30 bits per heavy atom. The van der Waals surface area contributed by atoms with Crippen molar-refractivity contribution in [2.75, 3.05) is 32.2 Å². The summed E-state index contributed by atoms with van der Waals surface area (Å²) in [5.41, 5.74) is -2.96. The molecule has 1 aromatic rings. The number of ether oxygens (including phenoxy) is 3. The number of carbonyl (C=O) groups excluding carboxylic acids is 4. The number of benzene rings is 1. The summed E-state index contributed by atoms with van der Waals surface area (Å²) in [4.78, 5) is 58.8. The largest absolute Gasteiger partial charge is 0.468 e. The number of fused-ring (bicyclic) bond motifs is 3. The average Bonchev–Trinajstić information content (AvgIpc) is 3.23. The number of allylic oxidation sites excluding steroid dienone is 1. The zero-order chi connectivity index (χ0) is 27.1. The van der Waals surface area contributed by atoms with Crippen LogP contribution >= 0.6 is 0 Å². The van der Waals surface area contributed by atoms with E-state index in [9.17, 15) is 24.3 Å². The van der Waals surface area contributed by atoms with E-state index >= 15 is 0 Å². The summed E-state index contributed by atoms with van der Waals surface area (Å²) in [5.74, 6) is -5.48. The molecule has 10 nitrogen and oxygen atoms in total. The lowest BCUT2D eigenvalue weighted by molar-refractivity contribution is -0.180. The molecule has 0 aromatic heterocycles. The first-order valence-electron chi connectivity index (χ1n) is 12.3. The number of esters is 2. The Morgan fingerprint density at radius 1 is 1.11 bits per heavy atom. The number of aliphatic hydroxyl groups is 1. The van der Waals surface area contributed by atoms with Crippen molar-refractivity contribution >= 4 is 29.5 Å². The van der Waals surface area contributed by atoms with Crippen molar-refractivity contribution < 1.29 is 38.5 Å². The van der Waals surface area contributed by atoms with Crippen LogP contribution in [0, 0.1) is 17.3 Å². The first kappa shape index (κ1) is 25.4. The van der Waals surface area contributed by atoms with Gasteiger partial charge in [0.1, 0.15) is 11.3 Å². The summed E-state index contributed by atoms with van der Waals surface area (Å²) in [6.45, 7) is 7.21. The van der Waals surface area contributed by atoms with E-state index in [-0.39, 0.29) is 13.1 Å². The maximum atomic E-state index is 14.2. The highest BCUT2D eigenvalue weighted by Gasteiger charge is 2.81. The summed E-state index contributed by atoms with van der Waals surface area (Å²) in [6.07, 6.45) is -0.796. The van der Waals surface area contributed by atoms with Crippen LogP contribution in [0.1, 0.15) is 39.2 Å². The fourth-order valence-corrected chi connectivity index (χ4v) is 7.28. The third kappa shape index (κ3) is 2.94. The molecule has 0 radical (unpaired) electrons. The quantitative estimate of drug-likeness (QED) is 0.274. The Balaban J connectivity index is 1.89. The fraction of sp³-hybridized carbons (Fsp3) is 0.556. The van der Waals surface area contributed by atoms with E-state index in [1.54, 1.807) is 58.0 Å². The number of anilines is 1. The molecule has 4 aliphatic heterocycles. The van der Waals surface area contributed by atoms with Crippen LogP contribution in [0.5, 0.6) is 0 Å². The van der Waals surface area contributed by atoms with E-state index in [0.29, 0.717) is 16.8 Å². The molecule has 1 N–H and O–H groups in total. The van der Waals surface area contributed by atoms with Gasteiger partial charge in [-0.3, -0.25) is 24.2 Å². The summed E-state index contributed by atoms with van der Waals surface area (Å²) >= 11 is 0. The minimum atomic E-state index is -2.06. The van der Waals surface area contributed by atoms with Gasteiger partial charge in [0.2, 0.25) is 0 Å².